The van der Waals surface area contributed by atoms with Gasteiger partial charge in [0, 0.05) is 43.1 Å². The van der Waals surface area contributed by atoms with E-state index in [9.17, 15) is 4.79 Å². The van der Waals surface area contributed by atoms with Crippen LogP contribution in [0.15, 0.2) is 54.6 Å². The highest BCUT2D eigenvalue weighted by atomic mass is 16.5. The molecule has 2 saturated heterocycles. The Kier molecular flexibility index (Phi) is 7.46. The smallest absolute Gasteiger partial charge is 0.267 e. The van der Waals surface area contributed by atoms with Gasteiger partial charge in [0.05, 0.1) is 0 Å². The number of piperidine rings is 1. The summed E-state index contributed by atoms with van der Waals surface area (Å²) in [7, 11) is 0. The van der Waals surface area contributed by atoms with E-state index in [1.807, 2.05) is 54.6 Å². The number of benzene rings is 2. The zero-order chi connectivity index (χ0) is 23.2. The lowest BCUT2D eigenvalue weighted by Gasteiger charge is -2.33. The summed E-state index contributed by atoms with van der Waals surface area (Å²) in [6.07, 6.45) is 7.49. The Hall–Kier alpha value is -2.83. The second-order valence-electron chi connectivity index (χ2n) is 9.66. The van der Waals surface area contributed by atoms with E-state index in [1.54, 1.807) is 0 Å². The van der Waals surface area contributed by atoms with Gasteiger partial charge in [-0.1, -0.05) is 37.1 Å². The van der Waals surface area contributed by atoms with E-state index in [1.165, 1.54) is 45.3 Å². The van der Waals surface area contributed by atoms with Gasteiger partial charge in [0.15, 0.2) is 0 Å². The van der Waals surface area contributed by atoms with Crippen molar-refractivity contribution in [2.24, 2.45) is 0 Å². The number of nitrogens with zero attached hydrogens (tertiary/aromatic N) is 2. The highest BCUT2D eigenvalue weighted by Crippen LogP contribution is 2.30. The molecule has 0 unspecified atom stereocenters. The summed E-state index contributed by atoms with van der Waals surface area (Å²) < 4.78 is 6.06. The minimum atomic E-state index is -0.0372. The van der Waals surface area contributed by atoms with Gasteiger partial charge in [0.1, 0.15) is 17.2 Å². The molecule has 6 heteroatoms. The number of para-hydroxylation sites is 1. The van der Waals surface area contributed by atoms with Crippen LogP contribution >= 0.6 is 0 Å². The molecule has 2 aliphatic rings. The minimum absolute atomic E-state index is 0.0372. The van der Waals surface area contributed by atoms with Crippen LogP contribution in [0.5, 0.6) is 11.5 Å². The second kappa shape index (κ2) is 11.1. The van der Waals surface area contributed by atoms with Crippen LogP contribution in [0.1, 0.15) is 49.0 Å². The van der Waals surface area contributed by atoms with E-state index < -0.39 is 0 Å². The van der Waals surface area contributed by atoms with E-state index in [-0.39, 0.29) is 11.9 Å². The maximum Gasteiger partial charge on any atom is 0.267 e. The quantitative estimate of drug-likeness (QED) is 0.519. The number of hydrogen-bond donors (Lipinski definition) is 2. The fourth-order valence-corrected chi connectivity index (χ4v) is 5.16. The topological polar surface area (TPSA) is 60.6 Å². The average Bonchev–Trinajstić information content (AvgIpc) is 3.15. The Morgan fingerprint density at radius 3 is 2.32 bits per heavy atom. The molecule has 3 aromatic rings. The number of ether oxygens (including phenoxy) is 1. The summed E-state index contributed by atoms with van der Waals surface area (Å²) in [5, 5.41) is 4.17. The zero-order valence-corrected chi connectivity index (χ0v) is 20.0. The van der Waals surface area contributed by atoms with Gasteiger partial charge in [-0.3, -0.25) is 4.79 Å². The highest BCUT2D eigenvalue weighted by molar-refractivity contribution is 5.99. The summed E-state index contributed by atoms with van der Waals surface area (Å²) >= 11 is 0. The fourth-order valence-electron chi connectivity index (χ4n) is 5.16. The maximum absolute atomic E-state index is 13.0. The number of likely N-dealkylation sites (tertiary alicyclic amines) is 2. The molecule has 2 N–H and O–H groups in total. The molecule has 2 aliphatic heterocycles. The van der Waals surface area contributed by atoms with Crippen LogP contribution in [0.25, 0.3) is 10.9 Å². The van der Waals surface area contributed by atoms with Crippen LogP contribution in [0, 0.1) is 0 Å². The Balaban J connectivity index is 1.13. The molecule has 1 aromatic heterocycles. The van der Waals surface area contributed by atoms with Gasteiger partial charge in [-0.15, -0.1) is 0 Å². The van der Waals surface area contributed by atoms with Crippen LogP contribution in [-0.4, -0.2) is 66.0 Å². The lowest BCUT2D eigenvalue weighted by molar-refractivity contribution is 0.0902. The normalized spacial score (nSPS) is 18.6. The molecule has 0 radical (unpaired) electrons. The Bertz CT molecular complexity index is 1060. The third-order valence-corrected chi connectivity index (χ3v) is 7.19. The van der Waals surface area contributed by atoms with Crippen molar-refractivity contribution in [1.29, 1.82) is 0 Å². The molecule has 2 aromatic carbocycles. The van der Waals surface area contributed by atoms with Gasteiger partial charge in [-0.05, 0) is 69.1 Å². The van der Waals surface area contributed by atoms with Gasteiger partial charge in [-0.25, -0.2) is 0 Å². The molecule has 6 nitrogen and oxygen atoms in total. The first-order valence-corrected chi connectivity index (χ1v) is 12.8. The third kappa shape index (κ3) is 5.80. The molecule has 5 rings (SSSR count). The highest BCUT2D eigenvalue weighted by Gasteiger charge is 2.22. The molecule has 0 aliphatic carbocycles. The SMILES string of the molecule is O=C(NC1CCN(CCN2CCCCCC2)CC1)c1cc2c(Oc3ccccc3)cccc2[nH]1. The minimum Gasteiger partial charge on any atom is -0.457 e. The largest absolute Gasteiger partial charge is 0.457 e. The summed E-state index contributed by atoms with van der Waals surface area (Å²) in [6.45, 7) is 6.96. The number of carbonyl (C=O) groups excluding carboxylic acids is 1. The van der Waals surface area contributed by atoms with Crippen molar-refractivity contribution in [3.63, 3.8) is 0 Å². The van der Waals surface area contributed by atoms with Crippen molar-refractivity contribution in [2.45, 2.75) is 44.6 Å². The van der Waals surface area contributed by atoms with Crippen molar-refractivity contribution in [1.82, 2.24) is 20.1 Å². The zero-order valence-electron chi connectivity index (χ0n) is 20.0. The first-order valence-electron chi connectivity index (χ1n) is 12.8. The Labute approximate surface area is 202 Å². The lowest BCUT2D eigenvalue weighted by atomic mass is 10.0. The van der Waals surface area contributed by atoms with Crippen molar-refractivity contribution in [3.8, 4) is 11.5 Å². The van der Waals surface area contributed by atoms with Gasteiger partial charge in [-0.2, -0.15) is 0 Å². The Morgan fingerprint density at radius 1 is 0.882 bits per heavy atom. The van der Waals surface area contributed by atoms with Crippen LogP contribution < -0.4 is 10.1 Å². The molecule has 3 heterocycles. The summed E-state index contributed by atoms with van der Waals surface area (Å²) in [5.74, 6) is 1.49. The first-order chi connectivity index (χ1) is 16.7. The number of rotatable bonds is 7. The second-order valence-corrected chi connectivity index (χ2v) is 9.66. The monoisotopic (exact) mass is 460 g/mol. The standard InChI is InChI=1S/C28H36N4O2/c33-28(29-22-13-17-32(18-14-22)20-19-31-15-6-1-2-7-16-31)26-21-24-25(30-26)11-8-12-27(24)34-23-9-4-3-5-10-23/h3-5,8-12,21-22,30H,1-2,6-7,13-20H2,(H,29,33). The number of nitrogens with one attached hydrogen (secondary N) is 2. The predicted octanol–water partition coefficient (Wildman–Crippen LogP) is 5.03. The third-order valence-electron chi connectivity index (χ3n) is 7.19. The summed E-state index contributed by atoms with van der Waals surface area (Å²) in [4.78, 5) is 21.5. The molecule has 2 fully saturated rings. The van der Waals surface area contributed by atoms with Gasteiger partial charge in [0.25, 0.3) is 5.91 Å². The molecular weight excluding hydrogens is 424 g/mol. The van der Waals surface area contributed by atoms with Gasteiger partial charge < -0.3 is 24.8 Å². The number of fused-ring (bicyclic) bond motifs is 1. The van der Waals surface area contributed by atoms with Crippen LogP contribution in [0.4, 0.5) is 0 Å². The van der Waals surface area contributed by atoms with Crippen molar-refractivity contribution < 1.29 is 9.53 Å². The summed E-state index contributed by atoms with van der Waals surface area (Å²) in [5.41, 5.74) is 1.49. The first kappa shape index (κ1) is 22.9. The molecule has 34 heavy (non-hydrogen) atoms. The molecule has 0 atom stereocenters. The molecule has 180 valence electrons. The van der Waals surface area contributed by atoms with Crippen molar-refractivity contribution in [2.75, 3.05) is 39.3 Å². The Morgan fingerprint density at radius 2 is 1.59 bits per heavy atom. The van der Waals surface area contributed by atoms with Crippen molar-refractivity contribution >= 4 is 16.8 Å². The van der Waals surface area contributed by atoms with Crippen LogP contribution in [0.3, 0.4) is 0 Å². The van der Waals surface area contributed by atoms with Gasteiger partial charge in [0.2, 0.25) is 0 Å². The molecular formula is C28H36N4O2. The summed E-state index contributed by atoms with van der Waals surface area (Å²) in [6, 6.07) is 17.7. The van der Waals surface area contributed by atoms with E-state index >= 15 is 0 Å². The van der Waals surface area contributed by atoms with Gasteiger partial charge >= 0.3 is 0 Å². The predicted molar refractivity (Wildman–Crippen MR) is 137 cm³/mol. The fraction of sp³-hybridized carbons (Fsp3) is 0.464. The van der Waals surface area contributed by atoms with E-state index in [2.05, 4.69) is 20.1 Å². The molecule has 1 amide bonds. The maximum atomic E-state index is 13.0. The number of carbonyl (C=O) groups is 1. The number of hydrogen-bond acceptors (Lipinski definition) is 4. The number of H-pyrrole nitrogens is 1. The molecule has 0 spiro atoms. The molecule has 0 bridgehead atoms. The van der Waals surface area contributed by atoms with E-state index in [0.717, 1.165) is 54.9 Å². The van der Waals surface area contributed by atoms with E-state index in [0.29, 0.717) is 5.69 Å². The lowest BCUT2D eigenvalue weighted by Crippen LogP contribution is -2.46. The number of aromatic amines is 1. The van der Waals surface area contributed by atoms with Crippen molar-refractivity contribution in [3.05, 3.63) is 60.3 Å². The van der Waals surface area contributed by atoms with Crippen LogP contribution in [0.2, 0.25) is 0 Å². The number of aromatic nitrogens is 1. The average molecular weight is 461 g/mol. The number of amides is 1. The van der Waals surface area contributed by atoms with Crippen LogP contribution in [-0.2, 0) is 0 Å². The molecule has 0 saturated carbocycles. The van der Waals surface area contributed by atoms with E-state index in [4.69, 9.17) is 4.74 Å².